The smallest absolute Gasteiger partial charge is 0.213 e. The van der Waals surface area contributed by atoms with E-state index in [9.17, 15) is 0 Å². The maximum absolute atomic E-state index is 5.79. The van der Waals surface area contributed by atoms with Gasteiger partial charge in [0.05, 0.1) is 13.2 Å². The van der Waals surface area contributed by atoms with Gasteiger partial charge < -0.3 is 14.8 Å². The Balaban J connectivity index is 1.59. The maximum Gasteiger partial charge on any atom is 0.213 e. The number of hydrogen-bond acceptors (Lipinski definition) is 5. The van der Waals surface area contributed by atoms with Gasteiger partial charge in [0.1, 0.15) is 11.9 Å². The quantitative estimate of drug-likeness (QED) is 0.904. The van der Waals surface area contributed by atoms with E-state index in [4.69, 9.17) is 9.47 Å². The topological polar surface area (TPSA) is 56.3 Å². The molecule has 3 heterocycles. The summed E-state index contributed by atoms with van der Waals surface area (Å²) in [6.45, 7) is 2.11. The SMILES string of the molecule is c1ccc(NCc2ccnc(OC3CCOC3)c2)nc1. The molecule has 0 aliphatic carbocycles. The van der Waals surface area contributed by atoms with Gasteiger partial charge in [-0.05, 0) is 23.8 Å². The van der Waals surface area contributed by atoms with Crippen LogP contribution in [-0.4, -0.2) is 29.3 Å². The summed E-state index contributed by atoms with van der Waals surface area (Å²) in [4.78, 5) is 8.46. The minimum atomic E-state index is 0.126. The zero-order valence-corrected chi connectivity index (χ0v) is 11.2. The van der Waals surface area contributed by atoms with Crippen molar-refractivity contribution >= 4 is 5.82 Å². The lowest BCUT2D eigenvalue weighted by Gasteiger charge is -2.12. The first-order chi connectivity index (χ1) is 9.90. The molecule has 0 amide bonds. The zero-order chi connectivity index (χ0) is 13.6. The van der Waals surface area contributed by atoms with Crippen LogP contribution in [0.25, 0.3) is 0 Å². The van der Waals surface area contributed by atoms with Crippen LogP contribution in [0.3, 0.4) is 0 Å². The molecule has 1 fully saturated rings. The van der Waals surface area contributed by atoms with Gasteiger partial charge in [0, 0.05) is 31.4 Å². The maximum atomic E-state index is 5.79. The predicted octanol–water partition coefficient (Wildman–Crippen LogP) is 2.26. The van der Waals surface area contributed by atoms with Crippen molar-refractivity contribution in [1.82, 2.24) is 9.97 Å². The van der Waals surface area contributed by atoms with Gasteiger partial charge in [0.15, 0.2) is 0 Å². The summed E-state index contributed by atoms with van der Waals surface area (Å²) in [6.07, 6.45) is 4.59. The molecule has 1 aliphatic rings. The normalized spacial score (nSPS) is 17.9. The summed E-state index contributed by atoms with van der Waals surface area (Å²) in [6, 6.07) is 9.71. The fourth-order valence-electron chi connectivity index (χ4n) is 2.06. The van der Waals surface area contributed by atoms with Crippen LogP contribution in [-0.2, 0) is 11.3 Å². The molecule has 3 rings (SSSR count). The van der Waals surface area contributed by atoms with Gasteiger partial charge in [-0.15, -0.1) is 0 Å². The van der Waals surface area contributed by atoms with Crippen LogP contribution in [0.2, 0.25) is 0 Å². The lowest BCUT2D eigenvalue weighted by atomic mass is 10.2. The Morgan fingerprint density at radius 3 is 3.05 bits per heavy atom. The number of aromatic nitrogens is 2. The third-order valence-electron chi connectivity index (χ3n) is 3.11. The summed E-state index contributed by atoms with van der Waals surface area (Å²) in [7, 11) is 0. The molecule has 0 radical (unpaired) electrons. The van der Waals surface area contributed by atoms with Crippen molar-refractivity contribution in [3.8, 4) is 5.88 Å². The van der Waals surface area contributed by atoms with Gasteiger partial charge in [0.2, 0.25) is 5.88 Å². The van der Waals surface area contributed by atoms with Gasteiger partial charge in [0.25, 0.3) is 0 Å². The van der Waals surface area contributed by atoms with Crippen molar-refractivity contribution in [2.45, 2.75) is 19.1 Å². The van der Waals surface area contributed by atoms with E-state index in [1.807, 2.05) is 30.3 Å². The average molecular weight is 271 g/mol. The van der Waals surface area contributed by atoms with E-state index in [1.165, 1.54) is 0 Å². The van der Waals surface area contributed by atoms with Crippen molar-refractivity contribution in [1.29, 1.82) is 0 Å². The molecule has 5 heteroatoms. The van der Waals surface area contributed by atoms with E-state index in [-0.39, 0.29) is 6.10 Å². The second-order valence-electron chi connectivity index (χ2n) is 4.67. The van der Waals surface area contributed by atoms with Crippen molar-refractivity contribution in [3.63, 3.8) is 0 Å². The van der Waals surface area contributed by atoms with Crippen molar-refractivity contribution in [2.75, 3.05) is 18.5 Å². The summed E-state index contributed by atoms with van der Waals surface area (Å²) < 4.78 is 11.1. The number of rotatable bonds is 5. The van der Waals surface area contributed by atoms with Gasteiger partial charge in [-0.3, -0.25) is 0 Å². The molecule has 20 heavy (non-hydrogen) atoms. The number of hydrogen-bond donors (Lipinski definition) is 1. The number of anilines is 1. The van der Waals surface area contributed by atoms with Gasteiger partial charge >= 0.3 is 0 Å². The van der Waals surface area contributed by atoms with E-state index in [1.54, 1.807) is 12.4 Å². The van der Waals surface area contributed by atoms with Crippen LogP contribution in [0.15, 0.2) is 42.7 Å². The molecule has 1 aliphatic heterocycles. The molecule has 5 nitrogen and oxygen atoms in total. The van der Waals surface area contributed by atoms with Crippen LogP contribution in [0, 0.1) is 0 Å². The second kappa shape index (κ2) is 6.34. The molecule has 0 spiro atoms. The van der Waals surface area contributed by atoms with Crippen molar-refractivity contribution in [3.05, 3.63) is 48.3 Å². The monoisotopic (exact) mass is 271 g/mol. The van der Waals surface area contributed by atoms with Crippen molar-refractivity contribution in [2.24, 2.45) is 0 Å². The highest BCUT2D eigenvalue weighted by Gasteiger charge is 2.17. The molecule has 2 aromatic heterocycles. The summed E-state index contributed by atoms with van der Waals surface area (Å²) >= 11 is 0. The molecule has 1 atom stereocenters. The molecule has 1 saturated heterocycles. The summed E-state index contributed by atoms with van der Waals surface area (Å²) in [5, 5.41) is 3.26. The Hall–Kier alpha value is -2.14. The Kier molecular flexibility index (Phi) is 4.08. The van der Waals surface area contributed by atoms with E-state index in [0.717, 1.165) is 24.4 Å². The average Bonchev–Trinajstić information content (AvgIpc) is 3.00. The Morgan fingerprint density at radius 2 is 2.25 bits per heavy atom. The molecule has 0 bridgehead atoms. The molecule has 104 valence electrons. The van der Waals surface area contributed by atoms with E-state index < -0.39 is 0 Å². The van der Waals surface area contributed by atoms with Crippen LogP contribution in [0.4, 0.5) is 5.82 Å². The summed E-state index contributed by atoms with van der Waals surface area (Å²) in [5.74, 6) is 1.51. The Labute approximate surface area is 118 Å². The molecular formula is C15H17N3O2. The third kappa shape index (κ3) is 3.45. The number of ether oxygens (including phenoxy) is 2. The fourth-order valence-corrected chi connectivity index (χ4v) is 2.06. The minimum Gasteiger partial charge on any atom is -0.472 e. The lowest BCUT2D eigenvalue weighted by molar-refractivity contribution is 0.138. The number of pyridine rings is 2. The van der Waals surface area contributed by atoms with Gasteiger partial charge in [-0.1, -0.05) is 6.07 Å². The lowest BCUT2D eigenvalue weighted by Crippen LogP contribution is -2.16. The first-order valence-electron chi connectivity index (χ1n) is 6.74. The fraction of sp³-hybridized carbons (Fsp3) is 0.333. The predicted molar refractivity (Wildman–Crippen MR) is 75.7 cm³/mol. The zero-order valence-electron chi connectivity index (χ0n) is 11.2. The third-order valence-corrected chi connectivity index (χ3v) is 3.11. The second-order valence-corrected chi connectivity index (χ2v) is 4.67. The van der Waals surface area contributed by atoms with Crippen LogP contribution in [0.1, 0.15) is 12.0 Å². The van der Waals surface area contributed by atoms with E-state index in [2.05, 4.69) is 15.3 Å². The molecular weight excluding hydrogens is 254 g/mol. The molecule has 2 aromatic rings. The first kappa shape index (κ1) is 12.9. The van der Waals surface area contributed by atoms with Gasteiger partial charge in [-0.25, -0.2) is 9.97 Å². The minimum absolute atomic E-state index is 0.126. The van der Waals surface area contributed by atoms with E-state index >= 15 is 0 Å². The highest BCUT2D eigenvalue weighted by molar-refractivity contribution is 5.35. The number of nitrogens with zero attached hydrogens (tertiary/aromatic N) is 2. The van der Waals surface area contributed by atoms with Crippen LogP contribution in [0.5, 0.6) is 5.88 Å². The molecule has 0 saturated carbocycles. The number of nitrogens with one attached hydrogen (secondary N) is 1. The Morgan fingerprint density at radius 1 is 1.25 bits per heavy atom. The van der Waals surface area contributed by atoms with Crippen LogP contribution < -0.4 is 10.1 Å². The largest absolute Gasteiger partial charge is 0.472 e. The van der Waals surface area contributed by atoms with Crippen molar-refractivity contribution < 1.29 is 9.47 Å². The summed E-state index contributed by atoms with van der Waals surface area (Å²) in [5.41, 5.74) is 1.11. The van der Waals surface area contributed by atoms with E-state index in [0.29, 0.717) is 19.0 Å². The van der Waals surface area contributed by atoms with Gasteiger partial charge in [-0.2, -0.15) is 0 Å². The molecule has 0 aromatic carbocycles. The standard InChI is InChI=1S/C15H17N3O2/c1-2-6-16-14(3-1)18-10-12-4-7-17-15(9-12)20-13-5-8-19-11-13/h1-4,6-7,9,13H,5,8,10-11H2,(H,16,18). The first-order valence-corrected chi connectivity index (χ1v) is 6.74. The Bertz CT molecular complexity index is 542. The molecule has 1 unspecified atom stereocenters. The highest BCUT2D eigenvalue weighted by Crippen LogP contribution is 2.16. The molecule has 1 N–H and O–H groups in total. The highest BCUT2D eigenvalue weighted by atomic mass is 16.5. The van der Waals surface area contributed by atoms with Crippen LogP contribution >= 0.6 is 0 Å².